The molecule has 1 fully saturated rings. The van der Waals surface area contributed by atoms with Crippen LogP contribution in [-0.2, 0) is 6.18 Å². The molecule has 0 spiro atoms. The van der Waals surface area contributed by atoms with Gasteiger partial charge in [0.2, 0.25) is 0 Å². The van der Waals surface area contributed by atoms with Gasteiger partial charge in [0.1, 0.15) is 11.0 Å². The number of hydrogen-bond donors (Lipinski definition) is 0. The summed E-state index contributed by atoms with van der Waals surface area (Å²) < 4.78 is 38.4. The minimum atomic E-state index is -4.39. The lowest BCUT2D eigenvalue weighted by atomic mass is 9.78. The third kappa shape index (κ3) is 3.37. The van der Waals surface area contributed by atoms with Crippen molar-refractivity contribution >= 4 is 17.4 Å². The summed E-state index contributed by atoms with van der Waals surface area (Å²) >= 11 is 5.72. The molecule has 1 aromatic rings. The van der Waals surface area contributed by atoms with Gasteiger partial charge in [-0.1, -0.05) is 31.9 Å². The third-order valence-corrected chi connectivity index (χ3v) is 4.45. The highest BCUT2D eigenvalue weighted by atomic mass is 35.5. The van der Waals surface area contributed by atoms with Crippen molar-refractivity contribution < 1.29 is 13.2 Å². The molecule has 0 N–H and O–H groups in total. The number of aromatic nitrogens is 1. The van der Waals surface area contributed by atoms with Gasteiger partial charge < -0.3 is 4.90 Å². The van der Waals surface area contributed by atoms with Crippen molar-refractivity contribution in [2.75, 3.05) is 18.0 Å². The van der Waals surface area contributed by atoms with Crippen molar-refractivity contribution in [3.8, 4) is 0 Å². The number of rotatable bonds is 2. The average Bonchev–Trinajstić information content (AvgIpc) is 2.38. The van der Waals surface area contributed by atoms with Crippen LogP contribution in [0.25, 0.3) is 0 Å². The molecule has 1 saturated heterocycles. The van der Waals surface area contributed by atoms with Gasteiger partial charge in [-0.3, -0.25) is 0 Å². The van der Waals surface area contributed by atoms with Crippen LogP contribution in [-0.4, -0.2) is 18.1 Å². The van der Waals surface area contributed by atoms with E-state index in [9.17, 15) is 13.2 Å². The van der Waals surface area contributed by atoms with Gasteiger partial charge in [-0.2, -0.15) is 13.2 Å². The molecule has 0 radical (unpaired) electrons. The molecule has 2 rings (SSSR count). The van der Waals surface area contributed by atoms with Crippen molar-refractivity contribution in [3.63, 3.8) is 0 Å². The number of alkyl halides is 3. The second-order valence-corrected chi connectivity index (χ2v) is 6.07. The van der Waals surface area contributed by atoms with Gasteiger partial charge in [0.15, 0.2) is 0 Å². The third-order valence-electron chi connectivity index (χ3n) is 4.26. The van der Waals surface area contributed by atoms with E-state index in [-0.39, 0.29) is 10.6 Å². The molecular weight excluding hydrogens is 289 g/mol. The Morgan fingerprint density at radius 2 is 1.90 bits per heavy atom. The van der Waals surface area contributed by atoms with E-state index in [4.69, 9.17) is 11.6 Å². The summed E-state index contributed by atoms with van der Waals surface area (Å²) in [5, 5.41) is -0.112. The highest BCUT2D eigenvalue weighted by Gasteiger charge is 2.33. The first-order chi connectivity index (χ1) is 9.23. The topological polar surface area (TPSA) is 16.1 Å². The normalized spacial score (nSPS) is 19.2. The maximum absolute atomic E-state index is 12.8. The summed E-state index contributed by atoms with van der Waals surface area (Å²) in [5.74, 6) is 0.322. The largest absolute Gasteiger partial charge is 0.416 e. The lowest BCUT2D eigenvalue weighted by Gasteiger charge is -2.39. The Kier molecular flexibility index (Phi) is 4.19. The van der Waals surface area contributed by atoms with Crippen LogP contribution in [0.3, 0.4) is 0 Å². The Labute approximate surface area is 121 Å². The number of hydrogen-bond acceptors (Lipinski definition) is 2. The molecule has 2 heterocycles. The predicted molar refractivity (Wildman–Crippen MR) is 74.1 cm³/mol. The number of piperidine rings is 1. The zero-order valence-electron chi connectivity index (χ0n) is 11.6. The summed E-state index contributed by atoms with van der Waals surface area (Å²) in [6, 6.07) is 1.95. The van der Waals surface area contributed by atoms with Crippen LogP contribution in [0, 0.1) is 5.41 Å². The highest BCUT2D eigenvalue weighted by molar-refractivity contribution is 6.29. The molecular formula is C14H18ClF3N2. The maximum Gasteiger partial charge on any atom is 0.416 e. The Balaban J connectivity index is 2.20. The van der Waals surface area contributed by atoms with Gasteiger partial charge >= 0.3 is 6.18 Å². The monoisotopic (exact) mass is 306 g/mol. The van der Waals surface area contributed by atoms with E-state index >= 15 is 0 Å². The minimum Gasteiger partial charge on any atom is -0.357 e. The zero-order chi connectivity index (χ0) is 15.0. The first-order valence-electron chi connectivity index (χ1n) is 6.73. The molecule has 1 aliphatic rings. The fraction of sp³-hybridized carbons (Fsp3) is 0.643. The molecule has 0 saturated carbocycles. The quantitative estimate of drug-likeness (QED) is 0.732. The highest BCUT2D eigenvalue weighted by Crippen LogP contribution is 2.37. The van der Waals surface area contributed by atoms with Crippen LogP contribution in [0.4, 0.5) is 19.0 Å². The first-order valence-corrected chi connectivity index (χ1v) is 7.11. The van der Waals surface area contributed by atoms with Crippen molar-refractivity contribution in [3.05, 3.63) is 22.8 Å². The second-order valence-electron chi connectivity index (χ2n) is 5.69. The predicted octanol–water partition coefficient (Wildman–Crippen LogP) is 4.77. The first kappa shape index (κ1) is 15.4. The Morgan fingerprint density at radius 3 is 2.40 bits per heavy atom. The van der Waals surface area contributed by atoms with Gasteiger partial charge in [-0.15, -0.1) is 0 Å². The fourth-order valence-corrected chi connectivity index (χ4v) is 2.64. The SMILES string of the molecule is CCC1(C)CCN(c2cc(C(F)(F)F)cc(Cl)n2)CC1. The summed E-state index contributed by atoms with van der Waals surface area (Å²) in [7, 11) is 0. The lowest BCUT2D eigenvalue weighted by Crippen LogP contribution is -2.39. The minimum absolute atomic E-state index is 0.112. The standard InChI is InChI=1S/C14H18ClF3N2/c1-3-13(2)4-6-20(7-5-13)12-9-10(14(16,17)18)8-11(15)19-12/h8-9H,3-7H2,1-2H3. The summed E-state index contributed by atoms with van der Waals surface area (Å²) in [5.41, 5.74) is -0.460. The van der Waals surface area contributed by atoms with Gasteiger partial charge in [-0.25, -0.2) is 4.98 Å². The van der Waals surface area contributed by atoms with Crippen LogP contribution < -0.4 is 4.90 Å². The van der Waals surface area contributed by atoms with Crippen LogP contribution in [0.15, 0.2) is 12.1 Å². The van der Waals surface area contributed by atoms with Crippen LogP contribution >= 0.6 is 11.6 Å². The number of pyridine rings is 1. The van der Waals surface area contributed by atoms with Gasteiger partial charge in [0.05, 0.1) is 5.56 Å². The molecule has 112 valence electrons. The molecule has 0 bridgehead atoms. The van der Waals surface area contributed by atoms with Crippen molar-refractivity contribution in [1.29, 1.82) is 0 Å². The molecule has 0 atom stereocenters. The van der Waals surface area contributed by atoms with Crippen LogP contribution in [0.2, 0.25) is 5.15 Å². The fourth-order valence-electron chi connectivity index (χ4n) is 2.44. The molecule has 20 heavy (non-hydrogen) atoms. The molecule has 0 aromatic carbocycles. The van der Waals surface area contributed by atoms with E-state index in [1.165, 1.54) is 0 Å². The number of nitrogens with zero attached hydrogens (tertiary/aromatic N) is 2. The van der Waals surface area contributed by atoms with Gasteiger partial charge in [0, 0.05) is 13.1 Å². The molecule has 2 nitrogen and oxygen atoms in total. The number of anilines is 1. The smallest absolute Gasteiger partial charge is 0.357 e. The molecule has 0 amide bonds. The van der Waals surface area contributed by atoms with E-state index in [0.717, 1.165) is 44.5 Å². The van der Waals surface area contributed by atoms with Gasteiger partial charge in [0.25, 0.3) is 0 Å². The summed E-state index contributed by atoms with van der Waals surface area (Å²) in [4.78, 5) is 5.92. The van der Waals surface area contributed by atoms with Crippen LogP contribution in [0.1, 0.15) is 38.7 Å². The molecule has 1 aromatic heterocycles. The Hall–Kier alpha value is -0.970. The van der Waals surface area contributed by atoms with Crippen LogP contribution in [0.5, 0.6) is 0 Å². The van der Waals surface area contributed by atoms with Crippen molar-refractivity contribution in [1.82, 2.24) is 4.98 Å². The summed E-state index contributed by atoms with van der Waals surface area (Å²) in [6.07, 6.45) is -1.40. The van der Waals surface area contributed by atoms with Crippen molar-refractivity contribution in [2.45, 2.75) is 39.3 Å². The molecule has 6 heteroatoms. The molecule has 0 unspecified atom stereocenters. The van der Waals surface area contributed by atoms with E-state index in [0.29, 0.717) is 5.82 Å². The lowest BCUT2D eigenvalue weighted by molar-refractivity contribution is -0.137. The van der Waals surface area contributed by atoms with E-state index < -0.39 is 11.7 Å². The molecule has 1 aliphatic heterocycles. The zero-order valence-corrected chi connectivity index (χ0v) is 12.4. The molecule has 0 aliphatic carbocycles. The van der Waals surface area contributed by atoms with E-state index in [2.05, 4.69) is 18.8 Å². The maximum atomic E-state index is 12.8. The second kappa shape index (κ2) is 5.43. The van der Waals surface area contributed by atoms with E-state index in [1.54, 1.807) is 0 Å². The van der Waals surface area contributed by atoms with Gasteiger partial charge in [-0.05, 0) is 30.4 Å². The Morgan fingerprint density at radius 1 is 1.30 bits per heavy atom. The summed E-state index contributed by atoms with van der Waals surface area (Å²) in [6.45, 7) is 5.80. The number of halogens is 4. The van der Waals surface area contributed by atoms with E-state index in [1.807, 2.05) is 4.90 Å². The average molecular weight is 307 g/mol. The van der Waals surface area contributed by atoms with Crippen molar-refractivity contribution in [2.24, 2.45) is 5.41 Å². The Bertz CT molecular complexity index is 480.